The van der Waals surface area contributed by atoms with E-state index in [9.17, 15) is 13.2 Å². The molecule has 9 nitrogen and oxygen atoms in total. The van der Waals surface area contributed by atoms with Gasteiger partial charge in [-0.1, -0.05) is 12.1 Å². The SMILES string of the molecule is COc1ccc(C(=O)Nc2n[nH]c3c2C(S(=O)(=O)c2cccc(C)c2)NC3)cc1OC. The number of anilines is 1. The van der Waals surface area contributed by atoms with Crippen molar-refractivity contribution in [1.82, 2.24) is 15.5 Å². The lowest BCUT2D eigenvalue weighted by atomic mass is 10.2. The molecule has 3 aromatic rings. The number of benzene rings is 2. The first kappa shape index (κ1) is 20.9. The van der Waals surface area contributed by atoms with Crippen molar-refractivity contribution in [3.63, 3.8) is 0 Å². The van der Waals surface area contributed by atoms with Gasteiger partial charge in [-0.3, -0.25) is 15.2 Å². The van der Waals surface area contributed by atoms with Crippen LogP contribution in [0.2, 0.25) is 0 Å². The van der Waals surface area contributed by atoms with Crippen LogP contribution in [0.5, 0.6) is 11.5 Å². The maximum Gasteiger partial charge on any atom is 0.257 e. The molecule has 0 fully saturated rings. The van der Waals surface area contributed by atoms with Gasteiger partial charge >= 0.3 is 0 Å². The van der Waals surface area contributed by atoms with Gasteiger partial charge in [-0.25, -0.2) is 8.42 Å². The number of hydrogen-bond acceptors (Lipinski definition) is 7. The van der Waals surface area contributed by atoms with Crippen LogP contribution in [0.4, 0.5) is 5.82 Å². The van der Waals surface area contributed by atoms with Crippen molar-refractivity contribution >= 4 is 21.6 Å². The maximum atomic E-state index is 13.3. The van der Waals surface area contributed by atoms with Crippen LogP contribution in [0.15, 0.2) is 47.4 Å². The van der Waals surface area contributed by atoms with E-state index in [1.54, 1.807) is 36.4 Å². The third kappa shape index (κ3) is 3.75. The molecular formula is C21H22N4O5S. The Balaban J connectivity index is 1.65. The highest BCUT2D eigenvalue weighted by Crippen LogP contribution is 2.37. The summed E-state index contributed by atoms with van der Waals surface area (Å²) in [5.41, 5.74) is 2.19. The van der Waals surface area contributed by atoms with Gasteiger partial charge in [0.05, 0.1) is 30.4 Å². The molecule has 0 saturated carbocycles. The van der Waals surface area contributed by atoms with Crippen molar-refractivity contribution in [2.45, 2.75) is 23.7 Å². The normalized spacial score (nSPS) is 15.4. The number of aromatic amines is 1. The third-order valence-corrected chi connectivity index (χ3v) is 7.05. The molecule has 1 aliphatic rings. The minimum absolute atomic E-state index is 0.168. The number of carbonyl (C=O) groups is 1. The second kappa shape index (κ2) is 8.05. The molecule has 1 unspecified atom stereocenters. The van der Waals surface area contributed by atoms with Crippen molar-refractivity contribution in [3.8, 4) is 11.5 Å². The molecule has 0 radical (unpaired) electrons. The van der Waals surface area contributed by atoms with Gasteiger partial charge in [0, 0.05) is 12.1 Å². The van der Waals surface area contributed by atoms with E-state index in [4.69, 9.17) is 9.47 Å². The zero-order valence-electron chi connectivity index (χ0n) is 17.2. The molecule has 0 saturated heterocycles. The number of hydrogen-bond donors (Lipinski definition) is 3. The second-order valence-corrected chi connectivity index (χ2v) is 9.14. The molecule has 4 rings (SSSR count). The molecule has 162 valence electrons. The number of carbonyl (C=O) groups excluding carboxylic acids is 1. The van der Waals surface area contributed by atoms with Crippen molar-refractivity contribution < 1.29 is 22.7 Å². The van der Waals surface area contributed by atoms with E-state index in [1.807, 2.05) is 13.0 Å². The quantitative estimate of drug-likeness (QED) is 0.536. The molecule has 1 atom stereocenters. The van der Waals surface area contributed by atoms with E-state index in [0.717, 1.165) is 5.56 Å². The van der Waals surface area contributed by atoms with Crippen LogP contribution in [0.3, 0.4) is 0 Å². The average Bonchev–Trinajstić information content (AvgIpc) is 3.36. The van der Waals surface area contributed by atoms with Crippen LogP contribution in [-0.4, -0.2) is 38.7 Å². The lowest BCUT2D eigenvalue weighted by Gasteiger charge is -2.15. The van der Waals surface area contributed by atoms with Gasteiger partial charge in [-0.05, 0) is 42.8 Å². The summed E-state index contributed by atoms with van der Waals surface area (Å²) in [5.74, 6) is 0.618. The predicted molar refractivity (Wildman–Crippen MR) is 114 cm³/mol. The fourth-order valence-electron chi connectivity index (χ4n) is 3.55. The topological polar surface area (TPSA) is 122 Å². The molecule has 1 aliphatic heterocycles. The smallest absolute Gasteiger partial charge is 0.257 e. The molecule has 2 heterocycles. The number of nitrogens with zero attached hydrogens (tertiary/aromatic N) is 1. The van der Waals surface area contributed by atoms with E-state index in [-0.39, 0.29) is 10.7 Å². The minimum Gasteiger partial charge on any atom is -0.493 e. The highest BCUT2D eigenvalue weighted by Gasteiger charge is 2.39. The standard InChI is InChI=1S/C21H22N4O5S/c1-12-5-4-6-14(9-12)31(27,28)21-18-15(11-22-21)24-25-19(18)23-20(26)13-7-8-16(29-2)17(10-13)30-3/h4-10,21-22H,11H2,1-3H3,(H2,23,24,25,26). The van der Waals surface area contributed by atoms with Crippen LogP contribution in [0.25, 0.3) is 0 Å². The first-order valence-corrected chi connectivity index (χ1v) is 11.0. The van der Waals surface area contributed by atoms with Gasteiger partial charge in [-0.2, -0.15) is 5.10 Å². The Morgan fingerprint density at radius 2 is 1.90 bits per heavy atom. The van der Waals surface area contributed by atoms with Gasteiger partial charge < -0.3 is 14.8 Å². The largest absolute Gasteiger partial charge is 0.493 e. The van der Waals surface area contributed by atoms with Crippen LogP contribution in [0, 0.1) is 6.92 Å². The summed E-state index contributed by atoms with van der Waals surface area (Å²) in [6.07, 6.45) is 0. The number of rotatable bonds is 6. The molecule has 31 heavy (non-hydrogen) atoms. The van der Waals surface area contributed by atoms with E-state index < -0.39 is 21.1 Å². The predicted octanol–water partition coefficient (Wildman–Crippen LogP) is 2.56. The number of aromatic nitrogens is 2. The van der Waals surface area contributed by atoms with E-state index >= 15 is 0 Å². The summed E-state index contributed by atoms with van der Waals surface area (Å²) in [6.45, 7) is 2.13. The second-order valence-electron chi connectivity index (χ2n) is 7.11. The number of aryl methyl sites for hydroxylation is 1. The van der Waals surface area contributed by atoms with Crippen molar-refractivity contribution in [2.75, 3.05) is 19.5 Å². The van der Waals surface area contributed by atoms with Crippen LogP contribution in [0.1, 0.15) is 32.6 Å². The lowest BCUT2D eigenvalue weighted by molar-refractivity contribution is 0.102. The Morgan fingerprint density at radius 1 is 1.13 bits per heavy atom. The number of fused-ring (bicyclic) bond motifs is 1. The average molecular weight is 442 g/mol. The summed E-state index contributed by atoms with van der Waals surface area (Å²) in [6, 6.07) is 11.5. The first-order chi connectivity index (χ1) is 14.8. The summed E-state index contributed by atoms with van der Waals surface area (Å²) in [7, 11) is -0.761. The highest BCUT2D eigenvalue weighted by molar-refractivity contribution is 7.91. The number of sulfone groups is 1. The molecule has 0 spiro atoms. The van der Waals surface area contributed by atoms with Gasteiger partial charge in [0.15, 0.2) is 27.2 Å². The molecular weight excluding hydrogens is 420 g/mol. The number of methoxy groups -OCH3 is 2. The summed E-state index contributed by atoms with van der Waals surface area (Å²) in [4.78, 5) is 13.0. The molecule has 10 heteroatoms. The Kier molecular flexibility index (Phi) is 5.42. The Hall–Kier alpha value is -3.37. The van der Waals surface area contributed by atoms with Gasteiger partial charge in [-0.15, -0.1) is 0 Å². The minimum atomic E-state index is -3.75. The third-order valence-electron chi connectivity index (χ3n) is 5.12. The van der Waals surface area contributed by atoms with Gasteiger partial charge in [0.1, 0.15) is 5.37 Å². The van der Waals surface area contributed by atoms with Crippen molar-refractivity contribution in [1.29, 1.82) is 0 Å². The summed E-state index contributed by atoms with van der Waals surface area (Å²) in [5, 5.41) is 11.6. The number of ether oxygens (including phenoxy) is 2. The van der Waals surface area contributed by atoms with E-state index in [2.05, 4.69) is 20.8 Å². The van der Waals surface area contributed by atoms with E-state index in [0.29, 0.717) is 34.9 Å². The fraction of sp³-hybridized carbons (Fsp3) is 0.238. The number of H-pyrrole nitrogens is 1. The zero-order chi connectivity index (χ0) is 22.2. The number of nitrogens with one attached hydrogen (secondary N) is 3. The Morgan fingerprint density at radius 3 is 2.61 bits per heavy atom. The molecule has 3 N–H and O–H groups in total. The van der Waals surface area contributed by atoms with Gasteiger partial charge in [0.25, 0.3) is 5.91 Å². The monoisotopic (exact) mass is 442 g/mol. The van der Waals surface area contributed by atoms with Crippen LogP contribution in [-0.2, 0) is 16.4 Å². The maximum absolute atomic E-state index is 13.3. The Bertz CT molecular complexity index is 1250. The van der Waals surface area contributed by atoms with Crippen molar-refractivity contribution in [3.05, 3.63) is 64.8 Å². The zero-order valence-corrected chi connectivity index (χ0v) is 18.0. The fourth-order valence-corrected chi connectivity index (χ4v) is 5.30. The highest BCUT2D eigenvalue weighted by atomic mass is 32.2. The molecule has 1 aromatic heterocycles. The van der Waals surface area contributed by atoms with Gasteiger partial charge in [0.2, 0.25) is 0 Å². The molecule has 1 amide bonds. The first-order valence-electron chi connectivity index (χ1n) is 9.49. The van der Waals surface area contributed by atoms with Crippen molar-refractivity contribution in [2.24, 2.45) is 0 Å². The van der Waals surface area contributed by atoms with E-state index in [1.165, 1.54) is 14.2 Å². The van der Waals surface area contributed by atoms with Crippen LogP contribution >= 0.6 is 0 Å². The van der Waals surface area contributed by atoms with Crippen LogP contribution < -0.4 is 20.1 Å². The number of amides is 1. The molecule has 2 aromatic carbocycles. The molecule has 0 bridgehead atoms. The molecule has 0 aliphatic carbocycles. The summed E-state index contributed by atoms with van der Waals surface area (Å²) < 4.78 is 37.0. The Labute approximate surface area is 179 Å². The summed E-state index contributed by atoms with van der Waals surface area (Å²) >= 11 is 0. The lowest BCUT2D eigenvalue weighted by Crippen LogP contribution is -2.24.